The quantitative estimate of drug-likeness (QED) is 0.762. The van der Waals surface area contributed by atoms with Crippen LogP contribution in [0.25, 0.3) is 0 Å². The predicted molar refractivity (Wildman–Crippen MR) is 71.0 cm³/mol. The lowest BCUT2D eigenvalue weighted by molar-refractivity contribution is -0.139. The molecular weight excluding hydrogens is 248 g/mol. The van der Waals surface area contributed by atoms with Crippen molar-refractivity contribution >= 4 is 12.0 Å². The Morgan fingerprint density at radius 3 is 2.79 bits per heavy atom. The molecule has 1 aliphatic rings. The van der Waals surface area contributed by atoms with Gasteiger partial charge in [0.15, 0.2) is 0 Å². The van der Waals surface area contributed by atoms with Crippen LogP contribution >= 0.6 is 0 Å². The summed E-state index contributed by atoms with van der Waals surface area (Å²) in [5.41, 5.74) is 0. The van der Waals surface area contributed by atoms with E-state index in [0.717, 1.165) is 0 Å². The topological polar surface area (TPSA) is 70.1 Å². The van der Waals surface area contributed by atoms with E-state index in [1.807, 2.05) is 13.8 Å². The standard InChI is InChI=1S/C13H22N2O4/c1-4-5-14(10(2)3)13(18)15-6-7-19-9-11(15)8-12(16)17/h4,10-11H,1,5-9H2,2-3H3,(H,16,17). The van der Waals surface area contributed by atoms with E-state index in [9.17, 15) is 9.59 Å². The highest BCUT2D eigenvalue weighted by Gasteiger charge is 2.32. The van der Waals surface area contributed by atoms with Crippen LogP contribution in [0.5, 0.6) is 0 Å². The minimum Gasteiger partial charge on any atom is -0.481 e. The Hall–Kier alpha value is -1.56. The summed E-state index contributed by atoms with van der Waals surface area (Å²) in [6, 6.07) is -0.506. The molecule has 1 aliphatic heterocycles. The molecule has 6 heteroatoms. The molecule has 0 aromatic heterocycles. The van der Waals surface area contributed by atoms with Gasteiger partial charge in [-0.15, -0.1) is 6.58 Å². The second-order valence-electron chi connectivity index (χ2n) is 4.84. The second kappa shape index (κ2) is 7.13. The smallest absolute Gasteiger partial charge is 0.320 e. The van der Waals surface area contributed by atoms with Crippen LogP contribution in [-0.2, 0) is 9.53 Å². The van der Waals surface area contributed by atoms with Gasteiger partial charge in [0.2, 0.25) is 0 Å². The summed E-state index contributed by atoms with van der Waals surface area (Å²) in [4.78, 5) is 26.6. The Labute approximate surface area is 113 Å². The van der Waals surface area contributed by atoms with Gasteiger partial charge in [0.1, 0.15) is 0 Å². The van der Waals surface area contributed by atoms with Crippen molar-refractivity contribution in [2.24, 2.45) is 0 Å². The summed E-state index contributed by atoms with van der Waals surface area (Å²) in [5.74, 6) is -0.923. The number of carbonyl (C=O) groups excluding carboxylic acids is 1. The fourth-order valence-corrected chi connectivity index (χ4v) is 2.09. The third-order valence-electron chi connectivity index (χ3n) is 3.08. The molecule has 1 N–H and O–H groups in total. The number of carboxylic acids is 1. The summed E-state index contributed by atoms with van der Waals surface area (Å²) < 4.78 is 5.27. The van der Waals surface area contributed by atoms with E-state index in [1.54, 1.807) is 15.9 Å². The SMILES string of the molecule is C=CCN(C(=O)N1CCOCC1CC(=O)O)C(C)C. The summed E-state index contributed by atoms with van der Waals surface area (Å²) in [5, 5.41) is 8.89. The van der Waals surface area contributed by atoms with Crippen molar-refractivity contribution in [2.75, 3.05) is 26.3 Å². The monoisotopic (exact) mass is 270 g/mol. The van der Waals surface area contributed by atoms with Crippen molar-refractivity contribution in [3.8, 4) is 0 Å². The molecule has 0 spiro atoms. The fraction of sp³-hybridized carbons (Fsp3) is 0.692. The molecule has 1 saturated heterocycles. The maximum absolute atomic E-state index is 12.5. The van der Waals surface area contributed by atoms with E-state index in [2.05, 4.69) is 6.58 Å². The summed E-state index contributed by atoms with van der Waals surface area (Å²) in [7, 11) is 0. The molecule has 0 aromatic carbocycles. The van der Waals surface area contributed by atoms with Crippen molar-refractivity contribution < 1.29 is 19.4 Å². The number of amides is 2. The highest BCUT2D eigenvalue weighted by Crippen LogP contribution is 2.15. The lowest BCUT2D eigenvalue weighted by atomic mass is 10.1. The molecule has 6 nitrogen and oxygen atoms in total. The summed E-state index contributed by atoms with van der Waals surface area (Å²) >= 11 is 0. The number of aliphatic carboxylic acids is 1. The number of rotatable bonds is 5. The third kappa shape index (κ3) is 4.24. The van der Waals surface area contributed by atoms with Gasteiger partial charge in [-0.1, -0.05) is 6.08 Å². The molecule has 1 unspecified atom stereocenters. The number of hydrogen-bond acceptors (Lipinski definition) is 3. The van der Waals surface area contributed by atoms with E-state index >= 15 is 0 Å². The molecule has 1 fully saturated rings. The van der Waals surface area contributed by atoms with Crippen LogP contribution in [0.3, 0.4) is 0 Å². The third-order valence-corrected chi connectivity index (χ3v) is 3.08. The highest BCUT2D eigenvalue weighted by atomic mass is 16.5. The normalized spacial score (nSPS) is 19.3. The number of carboxylic acid groups (broad SMARTS) is 1. The first-order chi connectivity index (χ1) is 8.97. The van der Waals surface area contributed by atoms with Crippen LogP contribution in [0.4, 0.5) is 4.79 Å². The van der Waals surface area contributed by atoms with E-state index in [0.29, 0.717) is 19.7 Å². The van der Waals surface area contributed by atoms with Crippen molar-refractivity contribution in [1.82, 2.24) is 9.80 Å². The Kier molecular flexibility index (Phi) is 5.82. The molecule has 1 atom stereocenters. The lowest BCUT2D eigenvalue weighted by Gasteiger charge is -2.39. The van der Waals surface area contributed by atoms with Crippen LogP contribution in [0, 0.1) is 0 Å². The van der Waals surface area contributed by atoms with Gasteiger partial charge in [0.25, 0.3) is 0 Å². The largest absolute Gasteiger partial charge is 0.481 e. The zero-order chi connectivity index (χ0) is 14.4. The molecule has 2 amide bonds. The molecule has 0 aromatic rings. The van der Waals surface area contributed by atoms with E-state index in [-0.39, 0.29) is 25.1 Å². The molecule has 0 saturated carbocycles. The maximum Gasteiger partial charge on any atom is 0.320 e. The van der Waals surface area contributed by atoms with Crippen LogP contribution < -0.4 is 0 Å². The van der Waals surface area contributed by atoms with Gasteiger partial charge in [-0.25, -0.2) is 4.79 Å². The number of morpholine rings is 1. The maximum atomic E-state index is 12.5. The van der Waals surface area contributed by atoms with Crippen LogP contribution in [-0.4, -0.2) is 65.3 Å². The number of carbonyl (C=O) groups is 2. The van der Waals surface area contributed by atoms with E-state index in [4.69, 9.17) is 9.84 Å². The molecule has 108 valence electrons. The first kappa shape index (κ1) is 15.5. The first-order valence-electron chi connectivity index (χ1n) is 6.45. The van der Waals surface area contributed by atoms with E-state index < -0.39 is 12.0 Å². The summed E-state index contributed by atoms with van der Waals surface area (Å²) in [6.07, 6.45) is 1.58. The zero-order valence-corrected chi connectivity index (χ0v) is 11.5. The van der Waals surface area contributed by atoms with Crippen molar-refractivity contribution in [2.45, 2.75) is 32.4 Å². The zero-order valence-electron chi connectivity index (χ0n) is 11.5. The number of urea groups is 1. The van der Waals surface area contributed by atoms with Gasteiger partial charge < -0.3 is 19.6 Å². The van der Waals surface area contributed by atoms with E-state index in [1.165, 1.54) is 0 Å². The van der Waals surface area contributed by atoms with Gasteiger partial charge in [-0.3, -0.25) is 4.79 Å². The van der Waals surface area contributed by atoms with Gasteiger partial charge in [0.05, 0.1) is 25.7 Å². The van der Waals surface area contributed by atoms with Gasteiger partial charge >= 0.3 is 12.0 Å². The van der Waals surface area contributed by atoms with Gasteiger partial charge in [-0.2, -0.15) is 0 Å². The van der Waals surface area contributed by atoms with Crippen LogP contribution in [0.15, 0.2) is 12.7 Å². The average molecular weight is 270 g/mol. The molecule has 0 aliphatic carbocycles. The molecule has 0 bridgehead atoms. The molecule has 0 radical (unpaired) electrons. The van der Waals surface area contributed by atoms with Crippen LogP contribution in [0.1, 0.15) is 20.3 Å². The number of ether oxygens (including phenoxy) is 1. The lowest BCUT2D eigenvalue weighted by Crippen LogP contribution is -2.55. The minimum absolute atomic E-state index is 0.0406. The Morgan fingerprint density at radius 1 is 1.58 bits per heavy atom. The van der Waals surface area contributed by atoms with Gasteiger partial charge in [0, 0.05) is 19.1 Å². The first-order valence-corrected chi connectivity index (χ1v) is 6.45. The van der Waals surface area contributed by atoms with Crippen molar-refractivity contribution in [3.05, 3.63) is 12.7 Å². The Morgan fingerprint density at radius 2 is 2.26 bits per heavy atom. The average Bonchev–Trinajstić information content (AvgIpc) is 2.34. The predicted octanol–water partition coefficient (Wildman–Crippen LogP) is 1.18. The Balaban J connectivity index is 2.79. The Bertz CT molecular complexity index is 344. The molecule has 1 rings (SSSR count). The highest BCUT2D eigenvalue weighted by molar-refractivity contribution is 5.76. The van der Waals surface area contributed by atoms with Gasteiger partial charge in [-0.05, 0) is 13.8 Å². The number of nitrogens with zero attached hydrogens (tertiary/aromatic N) is 2. The van der Waals surface area contributed by atoms with Crippen LogP contribution in [0.2, 0.25) is 0 Å². The number of hydrogen-bond donors (Lipinski definition) is 1. The molecule has 1 heterocycles. The van der Waals surface area contributed by atoms with Crippen molar-refractivity contribution in [3.63, 3.8) is 0 Å². The summed E-state index contributed by atoms with van der Waals surface area (Å²) in [6.45, 7) is 9.10. The minimum atomic E-state index is -0.923. The fourth-order valence-electron chi connectivity index (χ4n) is 2.09. The molecule has 19 heavy (non-hydrogen) atoms. The molecular formula is C13H22N2O4. The second-order valence-corrected chi connectivity index (χ2v) is 4.84. The van der Waals surface area contributed by atoms with Crippen molar-refractivity contribution in [1.29, 1.82) is 0 Å².